The first kappa shape index (κ1) is 20.5. The first-order valence-electron chi connectivity index (χ1n) is 9.11. The molecule has 6 nitrogen and oxygen atoms in total. The summed E-state index contributed by atoms with van der Waals surface area (Å²) in [6, 6.07) is 13.5. The summed E-state index contributed by atoms with van der Waals surface area (Å²) in [7, 11) is -3.65. The zero-order chi connectivity index (χ0) is 20.1. The summed E-state index contributed by atoms with van der Waals surface area (Å²) in [4.78, 5) is 12.4. The Morgan fingerprint density at radius 2 is 1.86 bits per heavy atom. The predicted octanol–water partition coefficient (Wildman–Crippen LogP) is 4.07. The molecule has 1 saturated carbocycles. The fraction of sp³-hybridized carbons (Fsp3) is 0.350. The molecule has 0 spiro atoms. The molecule has 0 aliphatic heterocycles. The Bertz CT molecular complexity index is 925. The molecule has 0 aromatic heterocycles. The summed E-state index contributed by atoms with van der Waals surface area (Å²) < 4.78 is 31.2. The van der Waals surface area contributed by atoms with E-state index in [0.717, 1.165) is 29.2 Å². The molecule has 0 heterocycles. The fourth-order valence-electron chi connectivity index (χ4n) is 3.18. The van der Waals surface area contributed by atoms with Gasteiger partial charge in [0.25, 0.3) is 0 Å². The largest absolute Gasteiger partial charge is 0.490 e. The lowest BCUT2D eigenvalue weighted by Crippen LogP contribution is -2.37. The summed E-state index contributed by atoms with van der Waals surface area (Å²) in [6.07, 6.45) is 5.86. The highest BCUT2D eigenvalue weighted by atomic mass is 35.5. The van der Waals surface area contributed by atoms with Crippen molar-refractivity contribution < 1.29 is 17.9 Å². The normalized spacial score (nSPS) is 14.6. The lowest BCUT2D eigenvalue weighted by atomic mass is 10.2. The number of carbonyl (C=O) groups excluding carboxylic acids is 1. The van der Waals surface area contributed by atoms with Crippen LogP contribution in [0.15, 0.2) is 48.5 Å². The van der Waals surface area contributed by atoms with E-state index in [1.54, 1.807) is 42.5 Å². The molecule has 1 amide bonds. The molecule has 1 fully saturated rings. The highest BCUT2D eigenvalue weighted by Crippen LogP contribution is 2.25. The Morgan fingerprint density at radius 3 is 2.46 bits per heavy atom. The van der Waals surface area contributed by atoms with Crippen molar-refractivity contribution in [2.45, 2.75) is 31.8 Å². The summed E-state index contributed by atoms with van der Waals surface area (Å²) >= 11 is 5.95. The van der Waals surface area contributed by atoms with Crippen molar-refractivity contribution in [1.82, 2.24) is 0 Å². The number of hydrogen-bond acceptors (Lipinski definition) is 4. The Morgan fingerprint density at radius 1 is 1.18 bits per heavy atom. The third kappa shape index (κ3) is 5.62. The van der Waals surface area contributed by atoms with Gasteiger partial charge in [0.1, 0.15) is 12.3 Å². The van der Waals surface area contributed by atoms with Gasteiger partial charge in [-0.2, -0.15) is 0 Å². The van der Waals surface area contributed by atoms with Crippen molar-refractivity contribution in [2.75, 3.05) is 22.4 Å². The summed E-state index contributed by atoms with van der Waals surface area (Å²) in [5.74, 6) is 0.316. The minimum atomic E-state index is -3.65. The average molecular weight is 423 g/mol. The molecule has 0 atom stereocenters. The second-order valence-electron chi connectivity index (χ2n) is 6.85. The van der Waals surface area contributed by atoms with Gasteiger partial charge in [0, 0.05) is 10.7 Å². The molecule has 1 aliphatic carbocycles. The standard InChI is InChI=1S/C20H23ClN2O4S/c1-28(25,26)23(17-6-4-5-15(21)13-17)14-20(24)22-16-9-11-19(12-10-16)27-18-7-2-3-8-18/h4-6,9-13,18H,2-3,7-8,14H2,1H3,(H,22,24). The van der Waals surface area contributed by atoms with Crippen molar-refractivity contribution in [1.29, 1.82) is 0 Å². The van der Waals surface area contributed by atoms with Crippen LogP contribution in [0.4, 0.5) is 11.4 Å². The van der Waals surface area contributed by atoms with E-state index in [1.807, 2.05) is 0 Å². The summed E-state index contributed by atoms with van der Waals surface area (Å²) in [6.45, 7) is -0.348. The molecule has 0 radical (unpaired) electrons. The molecular weight excluding hydrogens is 400 g/mol. The van der Waals surface area contributed by atoms with E-state index in [4.69, 9.17) is 16.3 Å². The van der Waals surface area contributed by atoms with Crippen LogP contribution >= 0.6 is 11.6 Å². The number of nitrogens with zero attached hydrogens (tertiary/aromatic N) is 1. The molecule has 8 heteroatoms. The number of hydrogen-bond donors (Lipinski definition) is 1. The molecular formula is C20H23ClN2O4S. The second-order valence-corrected chi connectivity index (χ2v) is 9.19. The second kappa shape index (κ2) is 8.84. The monoisotopic (exact) mass is 422 g/mol. The molecule has 2 aromatic rings. The van der Waals surface area contributed by atoms with Crippen LogP contribution in [-0.2, 0) is 14.8 Å². The van der Waals surface area contributed by atoms with Crippen LogP contribution in [0.5, 0.6) is 5.75 Å². The van der Waals surface area contributed by atoms with Gasteiger partial charge in [0.05, 0.1) is 18.0 Å². The minimum absolute atomic E-state index is 0.265. The van der Waals surface area contributed by atoms with E-state index >= 15 is 0 Å². The number of rotatable bonds is 7. The van der Waals surface area contributed by atoms with Gasteiger partial charge >= 0.3 is 0 Å². The van der Waals surface area contributed by atoms with E-state index in [2.05, 4.69) is 5.32 Å². The van der Waals surface area contributed by atoms with Crippen LogP contribution in [0.1, 0.15) is 25.7 Å². The average Bonchev–Trinajstić information content (AvgIpc) is 3.13. The van der Waals surface area contributed by atoms with E-state index < -0.39 is 15.9 Å². The zero-order valence-electron chi connectivity index (χ0n) is 15.6. The Balaban J connectivity index is 1.64. The molecule has 28 heavy (non-hydrogen) atoms. The fourth-order valence-corrected chi connectivity index (χ4v) is 4.21. The third-order valence-electron chi connectivity index (χ3n) is 4.53. The van der Waals surface area contributed by atoms with Gasteiger partial charge in [-0.3, -0.25) is 9.10 Å². The maximum absolute atomic E-state index is 12.4. The van der Waals surface area contributed by atoms with E-state index in [9.17, 15) is 13.2 Å². The number of halogens is 1. The number of sulfonamides is 1. The predicted molar refractivity (Wildman–Crippen MR) is 112 cm³/mol. The van der Waals surface area contributed by atoms with Crippen molar-refractivity contribution in [3.05, 3.63) is 53.6 Å². The van der Waals surface area contributed by atoms with Crippen molar-refractivity contribution in [3.63, 3.8) is 0 Å². The van der Waals surface area contributed by atoms with Gasteiger partial charge < -0.3 is 10.1 Å². The first-order valence-corrected chi connectivity index (χ1v) is 11.3. The van der Waals surface area contributed by atoms with E-state index in [0.29, 0.717) is 16.4 Å². The van der Waals surface area contributed by atoms with Gasteiger partial charge in [0.2, 0.25) is 15.9 Å². The lowest BCUT2D eigenvalue weighted by molar-refractivity contribution is -0.114. The van der Waals surface area contributed by atoms with Crippen molar-refractivity contribution >= 4 is 38.9 Å². The highest BCUT2D eigenvalue weighted by molar-refractivity contribution is 7.92. The van der Waals surface area contributed by atoms with Crippen LogP contribution in [0, 0.1) is 0 Å². The number of anilines is 2. The van der Waals surface area contributed by atoms with Crippen molar-refractivity contribution in [3.8, 4) is 5.75 Å². The van der Waals surface area contributed by atoms with Gasteiger partial charge in [0.15, 0.2) is 0 Å². The van der Waals surface area contributed by atoms with Gasteiger partial charge in [-0.1, -0.05) is 17.7 Å². The quantitative estimate of drug-likeness (QED) is 0.729. The Labute approximate surface area is 170 Å². The van der Waals surface area contributed by atoms with Crippen LogP contribution < -0.4 is 14.4 Å². The number of carbonyl (C=O) groups is 1. The van der Waals surface area contributed by atoms with Gasteiger partial charge in [-0.25, -0.2) is 8.42 Å². The Kier molecular flexibility index (Phi) is 6.46. The van der Waals surface area contributed by atoms with Gasteiger partial charge in [-0.15, -0.1) is 0 Å². The topological polar surface area (TPSA) is 75.7 Å². The zero-order valence-corrected chi connectivity index (χ0v) is 17.2. The Hall–Kier alpha value is -2.25. The summed E-state index contributed by atoms with van der Waals surface area (Å²) in [5, 5.41) is 3.11. The SMILES string of the molecule is CS(=O)(=O)N(CC(=O)Nc1ccc(OC2CCCC2)cc1)c1cccc(Cl)c1. The maximum Gasteiger partial charge on any atom is 0.245 e. The van der Waals surface area contributed by atoms with Crippen LogP contribution in [0.3, 0.4) is 0 Å². The molecule has 0 unspecified atom stereocenters. The van der Waals surface area contributed by atoms with Crippen LogP contribution in [0.2, 0.25) is 5.02 Å². The molecule has 0 bridgehead atoms. The number of nitrogens with one attached hydrogen (secondary N) is 1. The summed E-state index contributed by atoms with van der Waals surface area (Å²) in [5.41, 5.74) is 0.911. The first-order chi connectivity index (χ1) is 13.3. The number of ether oxygens (including phenoxy) is 1. The number of amides is 1. The highest BCUT2D eigenvalue weighted by Gasteiger charge is 2.21. The van der Waals surface area contributed by atoms with Gasteiger partial charge in [-0.05, 0) is 68.1 Å². The molecule has 1 aliphatic rings. The van der Waals surface area contributed by atoms with E-state index in [1.165, 1.54) is 18.9 Å². The van der Waals surface area contributed by atoms with Crippen molar-refractivity contribution in [2.24, 2.45) is 0 Å². The number of benzene rings is 2. The van der Waals surface area contributed by atoms with E-state index in [-0.39, 0.29) is 12.6 Å². The molecule has 1 N–H and O–H groups in total. The maximum atomic E-state index is 12.4. The molecule has 3 rings (SSSR count). The van der Waals surface area contributed by atoms with Crippen LogP contribution in [-0.4, -0.2) is 33.2 Å². The lowest BCUT2D eigenvalue weighted by Gasteiger charge is -2.22. The molecule has 0 saturated heterocycles. The molecule has 150 valence electrons. The third-order valence-corrected chi connectivity index (χ3v) is 5.90. The molecule has 2 aromatic carbocycles. The smallest absolute Gasteiger partial charge is 0.245 e. The minimum Gasteiger partial charge on any atom is -0.490 e. The van der Waals surface area contributed by atoms with Crippen LogP contribution in [0.25, 0.3) is 0 Å².